The molecule has 0 aliphatic heterocycles. The molecular formula is C21H27ClN2O. The number of hydrogen-bond acceptors (Lipinski definition) is 2. The van der Waals surface area contributed by atoms with Gasteiger partial charge in [-0.25, -0.2) is 4.98 Å². The summed E-state index contributed by atoms with van der Waals surface area (Å²) in [6, 6.07) is 16.7. The second-order valence-electron chi connectivity index (χ2n) is 6.25. The van der Waals surface area contributed by atoms with Gasteiger partial charge < -0.3 is 9.30 Å². The number of rotatable bonds is 8. The zero-order valence-corrected chi connectivity index (χ0v) is 15.9. The first-order chi connectivity index (χ1) is 11.8. The lowest BCUT2D eigenvalue weighted by Gasteiger charge is -2.10. The number of halogens is 1. The molecule has 0 fully saturated rings. The monoisotopic (exact) mass is 358 g/mol. The molecule has 4 heteroatoms. The Bertz CT molecular complexity index is 780. The minimum Gasteiger partial charge on any atom is -0.497 e. The fraction of sp³-hybridized carbons (Fsp3) is 0.381. The van der Waals surface area contributed by atoms with Gasteiger partial charge in [-0.1, -0.05) is 50.5 Å². The maximum atomic E-state index is 5.25. The van der Waals surface area contributed by atoms with Gasteiger partial charge in [0, 0.05) is 13.0 Å². The molecule has 0 aliphatic rings. The molecule has 0 unspecified atom stereocenters. The Balaban J connectivity index is 0.00000225. The molecule has 1 aromatic heterocycles. The number of benzene rings is 2. The highest BCUT2D eigenvalue weighted by molar-refractivity contribution is 5.85. The molecule has 3 nitrogen and oxygen atoms in total. The number of nitrogens with zero attached hydrogens (tertiary/aromatic N) is 2. The molecule has 0 amide bonds. The van der Waals surface area contributed by atoms with Gasteiger partial charge in [-0.05, 0) is 36.2 Å². The predicted molar refractivity (Wildman–Crippen MR) is 107 cm³/mol. The summed E-state index contributed by atoms with van der Waals surface area (Å²) in [4.78, 5) is 4.88. The molecule has 0 N–H and O–H groups in total. The van der Waals surface area contributed by atoms with Crippen molar-refractivity contribution >= 4 is 23.4 Å². The summed E-state index contributed by atoms with van der Waals surface area (Å²) in [6.45, 7) is 3.30. The van der Waals surface area contributed by atoms with Crippen molar-refractivity contribution in [2.24, 2.45) is 0 Å². The fourth-order valence-corrected chi connectivity index (χ4v) is 3.13. The van der Waals surface area contributed by atoms with Crippen molar-refractivity contribution in [3.63, 3.8) is 0 Å². The van der Waals surface area contributed by atoms with Crippen molar-refractivity contribution in [2.45, 2.75) is 45.6 Å². The van der Waals surface area contributed by atoms with E-state index in [0.29, 0.717) is 0 Å². The number of ether oxygens (including phenoxy) is 1. The highest BCUT2D eigenvalue weighted by Crippen LogP contribution is 2.21. The third-order valence-electron chi connectivity index (χ3n) is 4.49. The number of hydrogen-bond donors (Lipinski definition) is 0. The fourth-order valence-electron chi connectivity index (χ4n) is 3.13. The Morgan fingerprint density at radius 2 is 1.72 bits per heavy atom. The van der Waals surface area contributed by atoms with Crippen LogP contribution in [0.4, 0.5) is 0 Å². The van der Waals surface area contributed by atoms with Gasteiger partial charge in [0.05, 0.1) is 18.1 Å². The van der Waals surface area contributed by atoms with Crippen LogP contribution in [0.5, 0.6) is 5.75 Å². The summed E-state index contributed by atoms with van der Waals surface area (Å²) in [5.74, 6) is 2.05. The number of para-hydroxylation sites is 2. The molecule has 1 heterocycles. The highest BCUT2D eigenvalue weighted by atomic mass is 35.5. The minimum absolute atomic E-state index is 0. The summed E-state index contributed by atoms with van der Waals surface area (Å²) in [6.07, 6.45) is 5.92. The van der Waals surface area contributed by atoms with Crippen LogP contribution in [0, 0.1) is 0 Å². The lowest BCUT2D eigenvalue weighted by molar-refractivity contribution is 0.414. The van der Waals surface area contributed by atoms with Crippen LogP contribution < -0.4 is 4.74 Å². The summed E-state index contributed by atoms with van der Waals surface area (Å²) >= 11 is 0. The molecule has 2 aromatic carbocycles. The summed E-state index contributed by atoms with van der Waals surface area (Å²) < 4.78 is 7.64. The molecule has 3 aromatic rings. The van der Waals surface area contributed by atoms with Crippen LogP contribution in [0.25, 0.3) is 11.0 Å². The normalized spacial score (nSPS) is 10.6. The standard InChI is InChI=1S/C21H26N2O.ClH/c1-3-4-5-8-15-23-20-10-7-6-9-19(20)22-21(23)16-17-11-13-18(24-2)14-12-17;/h6-7,9-14H,3-5,8,15-16H2,1-2H3;1H. The van der Waals surface area contributed by atoms with E-state index in [4.69, 9.17) is 9.72 Å². The first kappa shape index (κ1) is 19.3. The third-order valence-corrected chi connectivity index (χ3v) is 4.49. The second kappa shape index (κ2) is 9.47. The van der Waals surface area contributed by atoms with E-state index >= 15 is 0 Å². The predicted octanol–water partition coefficient (Wildman–Crippen LogP) is 5.64. The first-order valence-electron chi connectivity index (χ1n) is 8.89. The zero-order chi connectivity index (χ0) is 16.8. The zero-order valence-electron chi connectivity index (χ0n) is 15.1. The molecule has 3 rings (SSSR count). The number of aryl methyl sites for hydroxylation is 1. The lowest BCUT2D eigenvalue weighted by atomic mass is 10.1. The van der Waals surface area contributed by atoms with Gasteiger partial charge in [-0.15, -0.1) is 12.4 Å². The SMILES string of the molecule is CCCCCCn1c(Cc2ccc(OC)cc2)nc2ccccc21.Cl. The smallest absolute Gasteiger partial charge is 0.118 e. The van der Waals surface area contributed by atoms with Crippen molar-refractivity contribution < 1.29 is 4.74 Å². The van der Waals surface area contributed by atoms with Gasteiger partial charge in [0.2, 0.25) is 0 Å². The average Bonchev–Trinajstić information content (AvgIpc) is 2.97. The number of fused-ring (bicyclic) bond motifs is 1. The van der Waals surface area contributed by atoms with Crippen LogP contribution in [-0.4, -0.2) is 16.7 Å². The maximum absolute atomic E-state index is 5.25. The number of methoxy groups -OCH3 is 1. The molecule has 25 heavy (non-hydrogen) atoms. The Morgan fingerprint density at radius 1 is 0.960 bits per heavy atom. The van der Waals surface area contributed by atoms with Crippen molar-refractivity contribution in [1.82, 2.24) is 9.55 Å². The van der Waals surface area contributed by atoms with Crippen LogP contribution in [0.15, 0.2) is 48.5 Å². The van der Waals surface area contributed by atoms with Gasteiger partial charge in [0.1, 0.15) is 11.6 Å². The highest BCUT2D eigenvalue weighted by Gasteiger charge is 2.11. The Hall–Kier alpha value is -2.00. The summed E-state index contributed by atoms with van der Waals surface area (Å²) in [5, 5.41) is 0. The van der Waals surface area contributed by atoms with Gasteiger partial charge in [-0.2, -0.15) is 0 Å². The maximum Gasteiger partial charge on any atom is 0.118 e. The topological polar surface area (TPSA) is 27.1 Å². The molecule has 0 spiro atoms. The van der Waals surface area contributed by atoms with Crippen molar-refractivity contribution in [3.8, 4) is 5.75 Å². The van der Waals surface area contributed by atoms with Crippen molar-refractivity contribution in [3.05, 3.63) is 59.9 Å². The van der Waals surface area contributed by atoms with Crippen LogP contribution in [-0.2, 0) is 13.0 Å². The van der Waals surface area contributed by atoms with Crippen LogP contribution in [0.3, 0.4) is 0 Å². The van der Waals surface area contributed by atoms with E-state index in [0.717, 1.165) is 30.1 Å². The quantitative estimate of drug-likeness (QED) is 0.487. The number of aromatic nitrogens is 2. The molecule has 0 saturated heterocycles. The minimum atomic E-state index is 0. The van der Waals surface area contributed by atoms with Gasteiger partial charge in [-0.3, -0.25) is 0 Å². The van der Waals surface area contributed by atoms with E-state index < -0.39 is 0 Å². The largest absolute Gasteiger partial charge is 0.497 e. The molecule has 0 atom stereocenters. The molecule has 0 radical (unpaired) electrons. The second-order valence-corrected chi connectivity index (χ2v) is 6.25. The van der Waals surface area contributed by atoms with E-state index in [2.05, 4.69) is 47.9 Å². The van der Waals surface area contributed by atoms with E-state index in [1.165, 1.54) is 36.8 Å². The number of unbranched alkanes of at least 4 members (excludes halogenated alkanes) is 3. The van der Waals surface area contributed by atoms with Crippen LogP contribution >= 0.6 is 12.4 Å². The van der Waals surface area contributed by atoms with E-state index in [1.807, 2.05) is 12.1 Å². The van der Waals surface area contributed by atoms with E-state index in [1.54, 1.807) is 7.11 Å². The van der Waals surface area contributed by atoms with E-state index in [-0.39, 0.29) is 12.4 Å². The van der Waals surface area contributed by atoms with Gasteiger partial charge in [0.15, 0.2) is 0 Å². The van der Waals surface area contributed by atoms with Crippen molar-refractivity contribution in [1.29, 1.82) is 0 Å². The van der Waals surface area contributed by atoms with Crippen LogP contribution in [0.2, 0.25) is 0 Å². The molecule has 0 bridgehead atoms. The third kappa shape index (κ3) is 4.76. The van der Waals surface area contributed by atoms with E-state index in [9.17, 15) is 0 Å². The Labute approximate surface area is 156 Å². The Kier molecular flexibility index (Phi) is 7.32. The number of imidazole rings is 1. The van der Waals surface area contributed by atoms with Crippen molar-refractivity contribution in [2.75, 3.05) is 7.11 Å². The molecule has 134 valence electrons. The Morgan fingerprint density at radius 3 is 2.44 bits per heavy atom. The average molecular weight is 359 g/mol. The molecule has 0 saturated carbocycles. The molecule has 0 aliphatic carbocycles. The lowest BCUT2D eigenvalue weighted by Crippen LogP contribution is -2.05. The van der Waals surface area contributed by atoms with Gasteiger partial charge >= 0.3 is 0 Å². The summed E-state index contributed by atoms with van der Waals surface area (Å²) in [7, 11) is 1.70. The van der Waals surface area contributed by atoms with Crippen LogP contribution in [0.1, 0.15) is 44.0 Å². The summed E-state index contributed by atoms with van der Waals surface area (Å²) in [5.41, 5.74) is 3.61. The van der Waals surface area contributed by atoms with Gasteiger partial charge in [0.25, 0.3) is 0 Å². The molecular weight excluding hydrogens is 332 g/mol. The first-order valence-corrected chi connectivity index (χ1v) is 8.89.